The summed E-state index contributed by atoms with van der Waals surface area (Å²) in [6, 6.07) is 1.63. The van der Waals surface area contributed by atoms with Crippen molar-refractivity contribution in [2.75, 3.05) is 6.61 Å². The van der Waals surface area contributed by atoms with Crippen molar-refractivity contribution < 1.29 is 9.63 Å². The Bertz CT molecular complexity index is 311. The van der Waals surface area contributed by atoms with Crippen LogP contribution < -0.4 is 10.8 Å². The number of hydrogen-bond donors (Lipinski definition) is 3. The summed E-state index contributed by atoms with van der Waals surface area (Å²) < 4.78 is 0. The minimum atomic E-state index is -0.284. The summed E-state index contributed by atoms with van der Waals surface area (Å²) in [5.41, 5.74) is 3.24. The average molecular weight is 196 g/mol. The Balaban J connectivity index is 1.94. The van der Waals surface area contributed by atoms with Crippen molar-refractivity contribution in [2.45, 2.75) is 19.0 Å². The normalized spacial score (nSPS) is 23.5. The number of carbonyl (C=O) groups is 1. The fourth-order valence-electron chi connectivity index (χ4n) is 1.37. The van der Waals surface area contributed by atoms with E-state index in [-0.39, 0.29) is 18.0 Å². The number of hydroxylamine groups is 1. The summed E-state index contributed by atoms with van der Waals surface area (Å²) in [5.74, 6) is -0.128. The summed E-state index contributed by atoms with van der Waals surface area (Å²) in [6.45, 7) is 2.32. The first-order chi connectivity index (χ1) is 6.77. The van der Waals surface area contributed by atoms with Crippen LogP contribution in [0.4, 0.5) is 0 Å². The molecule has 1 aliphatic rings. The number of nitrogens with zero attached hydrogens (tertiary/aromatic N) is 1. The maximum absolute atomic E-state index is 11.2. The SMILES string of the molecule is CC(NC1CONC1=O)c1ccn[nH]1. The monoisotopic (exact) mass is 196 g/mol. The standard InChI is InChI=1S/C8H12N4O2/c1-5(6-2-3-9-11-6)10-7-4-14-12-8(7)13/h2-3,5,7,10H,4H2,1H3,(H,9,11)(H,12,13). The molecule has 1 aromatic rings. The molecule has 2 rings (SSSR count). The minimum absolute atomic E-state index is 0.0509. The average Bonchev–Trinajstić information content (AvgIpc) is 2.77. The first-order valence-electron chi connectivity index (χ1n) is 4.44. The van der Waals surface area contributed by atoms with Crippen LogP contribution in [0, 0.1) is 0 Å². The Morgan fingerprint density at radius 1 is 1.79 bits per heavy atom. The molecule has 0 spiro atoms. The molecule has 0 radical (unpaired) electrons. The molecule has 3 N–H and O–H groups in total. The summed E-state index contributed by atoms with van der Waals surface area (Å²) in [7, 11) is 0. The van der Waals surface area contributed by atoms with Gasteiger partial charge in [0, 0.05) is 12.2 Å². The highest BCUT2D eigenvalue weighted by atomic mass is 16.7. The van der Waals surface area contributed by atoms with E-state index in [0.717, 1.165) is 5.69 Å². The first-order valence-corrected chi connectivity index (χ1v) is 4.44. The maximum Gasteiger partial charge on any atom is 0.263 e. The molecule has 1 amide bonds. The van der Waals surface area contributed by atoms with Crippen LogP contribution in [-0.4, -0.2) is 28.8 Å². The highest BCUT2D eigenvalue weighted by Crippen LogP contribution is 2.09. The summed E-state index contributed by atoms with van der Waals surface area (Å²) >= 11 is 0. The highest BCUT2D eigenvalue weighted by Gasteiger charge is 2.27. The van der Waals surface area contributed by atoms with E-state index >= 15 is 0 Å². The molecule has 1 aliphatic heterocycles. The topological polar surface area (TPSA) is 79.0 Å². The lowest BCUT2D eigenvalue weighted by atomic mass is 10.2. The van der Waals surface area contributed by atoms with Crippen LogP contribution in [0.25, 0.3) is 0 Å². The Labute approximate surface area is 81.0 Å². The molecule has 0 saturated carbocycles. The summed E-state index contributed by atoms with van der Waals surface area (Å²) in [4.78, 5) is 16.0. The van der Waals surface area contributed by atoms with Gasteiger partial charge < -0.3 is 0 Å². The fraction of sp³-hybridized carbons (Fsp3) is 0.500. The zero-order chi connectivity index (χ0) is 9.97. The van der Waals surface area contributed by atoms with Gasteiger partial charge in [-0.25, -0.2) is 5.48 Å². The molecular weight excluding hydrogens is 184 g/mol. The number of aromatic amines is 1. The third-order valence-corrected chi connectivity index (χ3v) is 2.18. The molecule has 14 heavy (non-hydrogen) atoms. The molecule has 1 saturated heterocycles. The number of hydrogen-bond acceptors (Lipinski definition) is 4. The van der Waals surface area contributed by atoms with Crippen LogP contribution in [-0.2, 0) is 9.63 Å². The van der Waals surface area contributed by atoms with Crippen molar-refractivity contribution in [3.05, 3.63) is 18.0 Å². The van der Waals surface area contributed by atoms with E-state index < -0.39 is 0 Å². The Morgan fingerprint density at radius 3 is 3.21 bits per heavy atom. The largest absolute Gasteiger partial charge is 0.296 e. The van der Waals surface area contributed by atoms with Gasteiger partial charge in [0.15, 0.2) is 0 Å². The lowest BCUT2D eigenvalue weighted by molar-refractivity contribution is -0.125. The molecule has 0 aliphatic carbocycles. The number of carbonyl (C=O) groups excluding carboxylic acids is 1. The van der Waals surface area contributed by atoms with E-state index in [0.29, 0.717) is 6.61 Å². The zero-order valence-corrected chi connectivity index (χ0v) is 7.78. The Hall–Kier alpha value is -1.40. The van der Waals surface area contributed by atoms with Crippen LogP contribution >= 0.6 is 0 Å². The van der Waals surface area contributed by atoms with E-state index in [1.54, 1.807) is 6.20 Å². The van der Waals surface area contributed by atoms with Gasteiger partial charge in [0.2, 0.25) is 0 Å². The highest BCUT2D eigenvalue weighted by molar-refractivity contribution is 5.82. The summed E-state index contributed by atoms with van der Waals surface area (Å²) in [5, 5.41) is 9.80. The predicted octanol–water partition coefficient (Wildman–Crippen LogP) is -0.510. The number of aromatic nitrogens is 2. The second kappa shape index (κ2) is 3.77. The van der Waals surface area contributed by atoms with Gasteiger partial charge in [0.1, 0.15) is 6.04 Å². The molecule has 1 fully saturated rings. The first kappa shape index (κ1) is 9.17. The van der Waals surface area contributed by atoms with E-state index in [4.69, 9.17) is 4.84 Å². The number of amides is 1. The molecule has 6 nitrogen and oxygen atoms in total. The predicted molar refractivity (Wildman–Crippen MR) is 48.0 cm³/mol. The molecule has 2 heterocycles. The molecule has 6 heteroatoms. The third kappa shape index (κ3) is 1.75. The molecule has 0 bridgehead atoms. The van der Waals surface area contributed by atoms with Crippen LogP contribution in [0.5, 0.6) is 0 Å². The molecule has 2 unspecified atom stereocenters. The smallest absolute Gasteiger partial charge is 0.263 e. The van der Waals surface area contributed by atoms with Crippen LogP contribution in [0.3, 0.4) is 0 Å². The van der Waals surface area contributed by atoms with Gasteiger partial charge in [-0.05, 0) is 13.0 Å². The quantitative estimate of drug-likeness (QED) is 0.608. The lowest BCUT2D eigenvalue weighted by Gasteiger charge is -2.14. The number of rotatable bonds is 3. The number of H-pyrrole nitrogens is 1. The van der Waals surface area contributed by atoms with Crippen LogP contribution in [0.1, 0.15) is 18.7 Å². The molecule has 1 aromatic heterocycles. The van der Waals surface area contributed by atoms with Crippen molar-refractivity contribution in [3.8, 4) is 0 Å². The van der Waals surface area contributed by atoms with E-state index in [1.165, 1.54) is 0 Å². The Kier molecular flexibility index (Phi) is 2.47. The Morgan fingerprint density at radius 2 is 2.64 bits per heavy atom. The van der Waals surface area contributed by atoms with E-state index in [2.05, 4.69) is 21.0 Å². The third-order valence-electron chi connectivity index (χ3n) is 2.18. The second-order valence-electron chi connectivity index (χ2n) is 3.23. The van der Waals surface area contributed by atoms with Gasteiger partial charge in [0.25, 0.3) is 5.91 Å². The second-order valence-corrected chi connectivity index (χ2v) is 3.23. The van der Waals surface area contributed by atoms with Crippen molar-refractivity contribution in [3.63, 3.8) is 0 Å². The minimum Gasteiger partial charge on any atom is -0.296 e. The molecule has 0 aromatic carbocycles. The molecule has 76 valence electrons. The van der Waals surface area contributed by atoms with E-state index in [9.17, 15) is 4.79 Å². The molecular formula is C8H12N4O2. The maximum atomic E-state index is 11.2. The van der Waals surface area contributed by atoms with Crippen molar-refractivity contribution in [1.82, 2.24) is 21.0 Å². The van der Waals surface area contributed by atoms with E-state index in [1.807, 2.05) is 13.0 Å². The van der Waals surface area contributed by atoms with Crippen LogP contribution in [0.15, 0.2) is 12.3 Å². The van der Waals surface area contributed by atoms with Crippen molar-refractivity contribution in [1.29, 1.82) is 0 Å². The lowest BCUT2D eigenvalue weighted by Crippen LogP contribution is -2.39. The molecule has 2 atom stereocenters. The van der Waals surface area contributed by atoms with Gasteiger partial charge in [0.05, 0.1) is 12.3 Å². The fourth-order valence-corrected chi connectivity index (χ4v) is 1.37. The van der Waals surface area contributed by atoms with Crippen molar-refractivity contribution in [2.24, 2.45) is 0 Å². The van der Waals surface area contributed by atoms with Crippen molar-refractivity contribution >= 4 is 5.91 Å². The van der Waals surface area contributed by atoms with Gasteiger partial charge in [-0.1, -0.05) is 0 Å². The van der Waals surface area contributed by atoms with Gasteiger partial charge in [-0.2, -0.15) is 5.10 Å². The summed E-state index contributed by atoms with van der Waals surface area (Å²) in [6.07, 6.45) is 1.68. The van der Waals surface area contributed by atoms with Gasteiger partial charge >= 0.3 is 0 Å². The van der Waals surface area contributed by atoms with Crippen LogP contribution in [0.2, 0.25) is 0 Å². The van der Waals surface area contributed by atoms with Gasteiger partial charge in [-0.3, -0.25) is 20.0 Å². The number of nitrogens with one attached hydrogen (secondary N) is 3. The van der Waals surface area contributed by atoms with Gasteiger partial charge in [-0.15, -0.1) is 0 Å². The zero-order valence-electron chi connectivity index (χ0n) is 7.78.